The van der Waals surface area contributed by atoms with Crippen LogP contribution in [0.2, 0.25) is 0 Å². The minimum absolute atomic E-state index is 0.0725. The Balaban J connectivity index is 1.97. The monoisotopic (exact) mass is 303 g/mol. The molecule has 1 aromatic heterocycles. The molecule has 0 fully saturated rings. The van der Waals surface area contributed by atoms with E-state index in [1.807, 2.05) is 38.1 Å². The second kappa shape index (κ2) is 7.59. The Kier molecular flexibility index (Phi) is 5.52. The molecule has 1 aromatic carbocycles. The third-order valence-corrected chi connectivity index (χ3v) is 3.34. The third-order valence-electron chi connectivity index (χ3n) is 3.34. The average Bonchev–Trinajstić information content (AvgIpc) is 3.01. The van der Waals surface area contributed by atoms with E-state index in [1.165, 1.54) is 0 Å². The van der Waals surface area contributed by atoms with Gasteiger partial charge in [0.25, 0.3) is 0 Å². The molecule has 2 rings (SSSR count). The van der Waals surface area contributed by atoms with Gasteiger partial charge in [-0.15, -0.1) is 0 Å². The number of carbonyl (C=O) groups is 1. The largest absolute Gasteiger partial charge is 0.494 e. The van der Waals surface area contributed by atoms with Crippen LogP contribution in [0.1, 0.15) is 26.2 Å². The number of carbonyl (C=O) groups excluding carboxylic acids is 1. The topological polar surface area (TPSA) is 68.5 Å². The van der Waals surface area contributed by atoms with Gasteiger partial charge in [0.1, 0.15) is 5.75 Å². The number of aryl methyl sites for hydroxylation is 1. The van der Waals surface area contributed by atoms with Gasteiger partial charge in [0.15, 0.2) is 0 Å². The van der Waals surface area contributed by atoms with Crippen molar-refractivity contribution in [2.24, 2.45) is 0 Å². The predicted octanol–water partition coefficient (Wildman–Crippen LogP) is 2.55. The summed E-state index contributed by atoms with van der Waals surface area (Å²) in [5.41, 5.74) is 0.857. The molecule has 2 aromatic rings. The van der Waals surface area contributed by atoms with Gasteiger partial charge in [-0.05, 0) is 38.1 Å². The van der Waals surface area contributed by atoms with E-state index in [0.29, 0.717) is 37.7 Å². The first-order chi connectivity index (χ1) is 10.6. The molecule has 0 unspecified atom stereocenters. The minimum atomic E-state index is 0.0725. The summed E-state index contributed by atoms with van der Waals surface area (Å²) in [6.45, 7) is 5.21. The number of hydrogen-bond donors (Lipinski definition) is 0. The molecule has 0 radical (unpaired) electrons. The second-order valence-corrected chi connectivity index (χ2v) is 4.88. The predicted molar refractivity (Wildman–Crippen MR) is 82.5 cm³/mol. The zero-order chi connectivity index (χ0) is 15.9. The normalized spacial score (nSPS) is 10.5. The smallest absolute Gasteiger partial charge is 0.227 e. The number of amides is 1. The van der Waals surface area contributed by atoms with Crippen LogP contribution in [0.5, 0.6) is 5.75 Å². The summed E-state index contributed by atoms with van der Waals surface area (Å²) in [5.74, 6) is 1.88. The van der Waals surface area contributed by atoms with Gasteiger partial charge < -0.3 is 14.2 Å². The summed E-state index contributed by atoms with van der Waals surface area (Å²) >= 11 is 0. The van der Waals surface area contributed by atoms with Gasteiger partial charge in [-0.1, -0.05) is 5.16 Å². The molecule has 0 saturated carbocycles. The lowest BCUT2D eigenvalue weighted by Gasteiger charge is -2.12. The summed E-state index contributed by atoms with van der Waals surface area (Å²) in [4.78, 5) is 17.7. The summed E-state index contributed by atoms with van der Waals surface area (Å²) in [6, 6.07) is 7.51. The van der Waals surface area contributed by atoms with E-state index >= 15 is 0 Å². The zero-order valence-electron chi connectivity index (χ0n) is 13.2. The van der Waals surface area contributed by atoms with E-state index < -0.39 is 0 Å². The first-order valence-corrected chi connectivity index (χ1v) is 7.43. The highest BCUT2D eigenvalue weighted by Gasteiger charge is 2.12. The van der Waals surface area contributed by atoms with Crippen molar-refractivity contribution in [3.63, 3.8) is 0 Å². The summed E-state index contributed by atoms with van der Waals surface area (Å²) in [5, 5.41) is 3.95. The molecule has 0 spiro atoms. The van der Waals surface area contributed by atoms with Crippen LogP contribution >= 0.6 is 0 Å². The third kappa shape index (κ3) is 4.07. The fourth-order valence-corrected chi connectivity index (χ4v) is 1.92. The molecule has 0 bridgehead atoms. The first-order valence-electron chi connectivity index (χ1n) is 7.43. The lowest BCUT2D eigenvalue weighted by molar-refractivity contribution is -0.129. The quantitative estimate of drug-likeness (QED) is 0.786. The summed E-state index contributed by atoms with van der Waals surface area (Å²) < 4.78 is 10.6. The molecule has 0 N–H and O–H groups in total. The highest BCUT2D eigenvalue weighted by atomic mass is 16.5. The Bertz CT molecular complexity index is 607. The molecular weight excluding hydrogens is 282 g/mol. The minimum Gasteiger partial charge on any atom is -0.494 e. The van der Waals surface area contributed by atoms with E-state index in [2.05, 4.69) is 10.1 Å². The zero-order valence-corrected chi connectivity index (χ0v) is 13.2. The van der Waals surface area contributed by atoms with Crippen molar-refractivity contribution < 1.29 is 14.1 Å². The van der Waals surface area contributed by atoms with Crippen LogP contribution in [0.25, 0.3) is 11.4 Å². The van der Waals surface area contributed by atoms with Gasteiger partial charge in [-0.25, -0.2) is 0 Å². The molecule has 6 nitrogen and oxygen atoms in total. The maximum Gasteiger partial charge on any atom is 0.227 e. The van der Waals surface area contributed by atoms with Gasteiger partial charge in [0.05, 0.1) is 6.61 Å². The van der Waals surface area contributed by atoms with Crippen molar-refractivity contribution in [2.75, 3.05) is 20.2 Å². The van der Waals surface area contributed by atoms with Gasteiger partial charge in [-0.3, -0.25) is 4.79 Å². The first kappa shape index (κ1) is 16.0. The number of ether oxygens (including phenoxy) is 1. The molecule has 118 valence electrons. The highest BCUT2D eigenvalue weighted by Crippen LogP contribution is 2.20. The lowest BCUT2D eigenvalue weighted by atomic mass is 10.2. The van der Waals surface area contributed by atoms with Crippen LogP contribution in [0.15, 0.2) is 28.8 Å². The number of benzene rings is 1. The Labute approximate surface area is 130 Å². The Hall–Kier alpha value is -2.37. The Morgan fingerprint density at radius 2 is 2.00 bits per heavy atom. The van der Waals surface area contributed by atoms with E-state index in [0.717, 1.165) is 11.3 Å². The number of aromatic nitrogens is 2. The maximum atomic E-state index is 11.7. The van der Waals surface area contributed by atoms with Crippen LogP contribution in [-0.2, 0) is 11.2 Å². The number of hydrogen-bond acceptors (Lipinski definition) is 5. The van der Waals surface area contributed by atoms with Crippen LogP contribution in [0, 0.1) is 0 Å². The van der Waals surface area contributed by atoms with Gasteiger partial charge >= 0.3 is 0 Å². The average molecular weight is 303 g/mol. The SMILES string of the molecule is CCOc1ccc(-c2noc(CCC(=O)N(C)CC)n2)cc1. The van der Waals surface area contributed by atoms with Crippen molar-refractivity contribution in [1.82, 2.24) is 15.0 Å². The van der Waals surface area contributed by atoms with Crippen molar-refractivity contribution in [2.45, 2.75) is 26.7 Å². The van der Waals surface area contributed by atoms with Crippen LogP contribution in [0.3, 0.4) is 0 Å². The fraction of sp³-hybridized carbons (Fsp3) is 0.438. The summed E-state index contributed by atoms with van der Waals surface area (Å²) in [6.07, 6.45) is 0.822. The molecule has 1 heterocycles. The summed E-state index contributed by atoms with van der Waals surface area (Å²) in [7, 11) is 1.78. The van der Waals surface area contributed by atoms with Crippen LogP contribution < -0.4 is 4.74 Å². The van der Waals surface area contributed by atoms with E-state index in [-0.39, 0.29) is 5.91 Å². The van der Waals surface area contributed by atoms with E-state index in [1.54, 1.807) is 11.9 Å². The molecule has 0 aliphatic carbocycles. The molecule has 0 atom stereocenters. The molecule has 6 heteroatoms. The lowest BCUT2D eigenvalue weighted by Crippen LogP contribution is -2.26. The van der Waals surface area contributed by atoms with Crippen molar-refractivity contribution in [3.05, 3.63) is 30.2 Å². The molecular formula is C16H21N3O3. The van der Waals surface area contributed by atoms with Gasteiger partial charge in [0.2, 0.25) is 17.6 Å². The highest BCUT2D eigenvalue weighted by molar-refractivity contribution is 5.75. The van der Waals surface area contributed by atoms with E-state index in [4.69, 9.17) is 9.26 Å². The van der Waals surface area contributed by atoms with Crippen LogP contribution in [0.4, 0.5) is 0 Å². The number of nitrogens with zero attached hydrogens (tertiary/aromatic N) is 3. The molecule has 22 heavy (non-hydrogen) atoms. The van der Waals surface area contributed by atoms with E-state index in [9.17, 15) is 4.79 Å². The fourth-order valence-electron chi connectivity index (χ4n) is 1.92. The maximum absolute atomic E-state index is 11.7. The van der Waals surface area contributed by atoms with Crippen molar-refractivity contribution in [3.8, 4) is 17.1 Å². The molecule has 0 saturated heterocycles. The standard InChI is InChI=1S/C16H21N3O3/c1-4-19(3)15(20)11-10-14-17-16(18-22-14)12-6-8-13(9-7-12)21-5-2/h6-9H,4-5,10-11H2,1-3H3. The Morgan fingerprint density at radius 1 is 1.27 bits per heavy atom. The van der Waals surface area contributed by atoms with Crippen molar-refractivity contribution in [1.29, 1.82) is 0 Å². The van der Waals surface area contributed by atoms with Gasteiger partial charge in [0, 0.05) is 32.0 Å². The second-order valence-electron chi connectivity index (χ2n) is 4.88. The van der Waals surface area contributed by atoms with Gasteiger partial charge in [-0.2, -0.15) is 4.98 Å². The van der Waals surface area contributed by atoms with Crippen molar-refractivity contribution >= 4 is 5.91 Å². The molecule has 0 aliphatic heterocycles. The number of rotatable bonds is 7. The Morgan fingerprint density at radius 3 is 2.64 bits per heavy atom. The van der Waals surface area contributed by atoms with Crippen LogP contribution in [-0.4, -0.2) is 41.1 Å². The molecule has 1 amide bonds. The molecule has 0 aliphatic rings.